The number of aromatic nitrogens is 6. The first-order valence-electron chi connectivity index (χ1n) is 9.00. The van der Waals surface area contributed by atoms with Crippen molar-refractivity contribution in [1.29, 1.82) is 0 Å². The van der Waals surface area contributed by atoms with E-state index >= 15 is 0 Å². The van der Waals surface area contributed by atoms with Gasteiger partial charge < -0.3 is 5.32 Å². The third-order valence-electron chi connectivity index (χ3n) is 4.54. The fraction of sp³-hybridized carbons (Fsp3) is 0.353. The van der Waals surface area contributed by atoms with Crippen LogP contribution in [0.5, 0.6) is 0 Å². The predicted molar refractivity (Wildman–Crippen MR) is 101 cm³/mol. The molecular formula is C17H16N8O2S. The van der Waals surface area contributed by atoms with Crippen LogP contribution in [-0.4, -0.2) is 40.7 Å². The van der Waals surface area contributed by atoms with Gasteiger partial charge in [0.2, 0.25) is 5.82 Å². The van der Waals surface area contributed by atoms with Crippen LogP contribution in [0.3, 0.4) is 0 Å². The molecule has 0 saturated heterocycles. The smallest absolute Gasteiger partial charge is 0.329 e. The molecule has 0 aliphatic heterocycles. The summed E-state index contributed by atoms with van der Waals surface area (Å²) < 4.78 is 2.08. The second-order valence-corrected chi connectivity index (χ2v) is 7.75. The van der Waals surface area contributed by atoms with Crippen molar-refractivity contribution in [2.45, 2.75) is 48.1 Å². The van der Waals surface area contributed by atoms with Gasteiger partial charge in [-0.25, -0.2) is 4.98 Å². The number of anilines is 1. The molecule has 3 aromatic heterocycles. The summed E-state index contributed by atoms with van der Waals surface area (Å²) in [4.78, 5) is 23.5. The first kappa shape index (κ1) is 17.0. The summed E-state index contributed by atoms with van der Waals surface area (Å²) in [7, 11) is 0. The van der Waals surface area contributed by atoms with Crippen LogP contribution in [0.2, 0.25) is 0 Å². The highest BCUT2D eigenvalue weighted by atomic mass is 32.2. The molecule has 1 N–H and O–H groups in total. The van der Waals surface area contributed by atoms with E-state index in [9.17, 15) is 10.1 Å². The number of nitro groups is 1. The Labute approximate surface area is 164 Å². The Balaban J connectivity index is 1.48. The zero-order chi connectivity index (χ0) is 19.1. The zero-order valence-electron chi connectivity index (χ0n) is 14.7. The molecule has 2 aliphatic rings. The van der Waals surface area contributed by atoms with Crippen molar-refractivity contribution in [1.82, 2.24) is 29.7 Å². The van der Waals surface area contributed by atoms with Crippen LogP contribution in [0.25, 0.3) is 11.4 Å². The summed E-state index contributed by atoms with van der Waals surface area (Å²) >= 11 is 1.26. The first-order valence-corrected chi connectivity index (χ1v) is 9.82. The molecule has 5 rings (SSSR count). The van der Waals surface area contributed by atoms with E-state index < -0.39 is 4.92 Å². The van der Waals surface area contributed by atoms with Gasteiger partial charge in [0, 0.05) is 30.0 Å². The molecule has 28 heavy (non-hydrogen) atoms. The van der Waals surface area contributed by atoms with Gasteiger partial charge in [-0.05, 0) is 49.6 Å². The number of nitrogens with zero attached hydrogens (tertiary/aromatic N) is 7. The van der Waals surface area contributed by atoms with Gasteiger partial charge in [0.1, 0.15) is 6.20 Å². The van der Waals surface area contributed by atoms with Gasteiger partial charge in [0.25, 0.3) is 0 Å². The molecule has 11 heteroatoms. The van der Waals surface area contributed by atoms with Crippen molar-refractivity contribution in [3.8, 4) is 11.4 Å². The molecule has 0 bridgehead atoms. The van der Waals surface area contributed by atoms with Crippen molar-refractivity contribution < 1.29 is 4.92 Å². The van der Waals surface area contributed by atoms with Crippen LogP contribution in [0.1, 0.15) is 31.7 Å². The van der Waals surface area contributed by atoms with Gasteiger partial charge in [-0.1, -0.05) is 0 Å². The lowest BCUT2D eigenvalue weighted by Crippen LogP contribution is -2.08. The normalized spacial score (nSPS) is 16.1. The van der Waals surface area contributed by atoms with E-state index in [4.69, 9.17) is 0 Å². The summed E-state index contributed by atoms with van der Waals surface area (Å²) in [6.07, 6.45) is 8.85. The second kappa shape index (κ2) is 6.82. The Kier molecular flexibility index (Phi) is 4.15. The van der Waals surface area contributed by atoms with Crippen LogP contribution < -0.4 is 5.32 Å². The van der Waals surface area contributed by atoms with Crippen molar-refractivity contribution in [3.63, 3.8) is 0 Å². The highest BCUT2D eigenvalue weighted by molar-refractivity contribution is 7.99. The molecule has 2 saturated carbocycles. The molecule has 0 aromatic carbocycles. The maximum Gasteiger partial charge on any atom is 0.329 e. The molecular weight excluding hydrogens is 380 g/mol. The minimum Gasteiger partial charge on any atom is -0.361 e. The summed E-state index contributed by atoms with van der Waals surface area (Å²) in [5.74, 6) is 1.02. The van der Waals surface area contributed by atoms with Crippen molar-refractivity contribution in [2.24, 2.45) is 0 Å². The molecule has 2 aliphatic carbocycles. The van der Waals surface area contributed by atoms with Crippen molar-refractivity contribution in [2.75, 3.05) is 5.32 Å². The average molecular weight is 396 g/mol. The Bertz CT molecular complexity index is 1030. The standard InChI is InChI=1S/C17H16N8O2S/c26-25(27)13-9-19-16(21-14(13)20-11-3-4-11)28-17-23-22-15(24(17)12-5-6-12)10-2-1-7-18-8-10/h1-2,7-9,11-12H,3-6H2,(H,19,20,21). The molecule has 142 valence electrons. The first-order chi connectivity index (χ1) is 13.7. The second-order valence-electron chi connectivity index (χ2n) is 6.81. The van der Waals surface area contributed by atoms with Gasteiger partial charge in [0.15, 0.2) is 16.1 Å². The predicted octanol–water partition coefficient (Wildman–Crippen LogP) is 3.10. The average Bonchev–Trinajstić information content (AvgIpc) is 3.63. The van der Waals surface area contributed by atoms with Crippen LogP contribution in [0, 0.1) is 10.1 Å². The SMILES string of the molecule is O=[N+]([O-])c1cnc(Sc2nnc(-c3cccnc3)n2C2CC2)nc1NC1CC1. The topological polar surface area (TPSA) is 125 Å². The van der Waals surface area contributed by atoms with Crippen LogP contribution in [0.4, 0.5) is 11.5 Å². The maximum atomic E-state index is 11.3. The minimum absolute atomic E-state index is 0.115. The lowest BCUT2D eigenvalue weighted by molar-refractivity contribution is -0.384. The quantitative estimate of drug-likeness (QED) is 0.364. The molecule has 10 nitrogen and oxygen atoms in total. The number of pyridine rings is 1. The van der Waals surface area contributed by atoms with Gasteiger partial charge in [-0.2, -0.15) is 4.98 Å². The largest absolute Gasteiger partial charge is 0.361 e. The monoisotopic (exact) mass is 396 g/mol. The minimum atomic E-state index is -0.466. The molecule has 2 fully saturated rings. The third-order valence-corrected chi connectivity index (χ3v) is 5.38. The lowest BCUT2D eigenvalue weighted by Gasteiger charge is -2.09. The Morgan fingerprint density at radius 3 is 2.75 bits per heavy atom. The van der Waals surface area contributed by atoms with E-state index in [0.717, 1.165) is 37.1 Å². The van der Waals surface area contributed by atoms with E-state index in [1.807, 2.05) is 12.1 Å². The number of nitrogens with one attached hydrogen (secondary N) is 1. The maximum absolute atomic E-state index is 11.3. The van der Waals surface area contributed by atoms with Crippen LogP contribution >= 0.6 is 11.8 Å². The van der Waals surface area contributed by atoms with Gasteiger partial charge in [-0.3, -0.25) is 19.7 Å². The van der Waals surface area contributed by atoms with Gasteiger partial charge in [0.05, 0.1) is 4.92 Å². The molecule has 3 aromatic rings. The van der Waals surface area contributed by atoms with E-state index in [0.29, 0.717) is 16.4 Å². The molecule has 0 spiro atoms. The molecule has 0 amide bonds. The van der Waals surface area contributed by atoms with E-state index in [1.54, 1.807) is 12.4 Å². The lowest BCUT2D eigenvalue weighted by atomic mass is 10.3. The molecule has 0 atom stereocenters. The van der Waals surface area contributed by atoms with Crippen molar-refractivity contribution >= 4 is 23.3 Å². The van der Waals surface area contributed by atoms with E-state index in [-0.39, 0.29) is 17.5 Å². The highest BCUT2D eigenvalue weighted by Crippen LogP contribution is 2.42. The number of hydrogen-bond donors (Lipinski definition) is 1. The van der Waals surface area contributed by atoms with Crippen LogP contribution in [-0.2, 0) is 0 Å². The van der Waals surface area contributed by atoms with Crippen molar-refractivity contribution in [3.05, 3.63) is 40.8 Å². The molecule has 3 heterocycles. The molecule has 0 radical (unpaired) electrons. The summed E-state index contributed by atoms with van der Waals surface area (Å²) in [5, 5.41) is 24.1. The Morgan fingerprint density at radius 1 is 1.21 bits per heavy atom. The van der Waals surface area contributed by atoms with Gasteiger partial charge in [-0.15, -0.1) is 10.2 Å². The Hall–Kier alpha value is -3.08. The fourth-order valence-corrected chi connectivity index (χ4v) is 3.67. The Morgan fingerprint density at radius 2 is 2.07 bits per heavy atom. The van der Waals surface area contributed by atoms with Crippen LogP contribution in [0.15, 0.2) is 41.0 Å². The summed E-state index contributed by atoms with van der Waals surface area (Å²) in [5.41, 5.74) is 0.783. The highest BCUT2D eigenvalue weighted by Gasteiger charge is 2.31. The third kappa shape index (κ3) is 3.40. The summed E-state index contributed by atoms with van der Waals surface area (Å²) in [6, 6.07) is 4.40. The number of hydrogen-bond acceptors (Lipinski definition) is 9. The zero-order valence-corrected chi connectivity index (χ0v) is 15.5. The van der Waals surface area contributed by atoms with E-state index in [2.05, 4.69) is 35.0 Å². The van der Waals surface area contributed by atoms with E-state index in [1.165, 1.54) is 18.0 Å². The summed E-state index contributed by atoms with van der Waals surface area (Å²) in [6.45, 7) is 0. The molecule has 0 unspecified atom stereocenters. The number of rotatable bonds is 7. The fourth-order valence-electron chi connectivity index (χ4n) is 2.85. The van der Waals surface area contributed by atoms with Gasteiger partial charge >= 0.3 is 5.69 Å².